The molecule has 0 saturated heterocycles. The normalized spacial score (nSPS) is 11.2. The topological polar surface area (TPSA) is 82.5 Å². The van der Waals surface area contributed by atoms with Gasteiger partial charge in [-0.05, 0) is 29.8 Å². The molecule has 0 saturated carbocycles. The molecular weight excluding hydrogens is 373 g/mol. The number of sulfonamides is 1. The van der Waals surface area contributed by atoms with Crippen LogP contribution >= 0.6 is 0 Å². The molecule has 7 nitrogen and oxygen atoms in total. The molecule has 0 atom stereocenters. The lowest BCUT2D eigenvalue weighted by Crippen LogP contribution is -2.12. The van der Waals surface area contributed by atoms with Crippen molar-refractivity contribution in [2.45, 2.75) is 11.4 Å². The van der Waals surface area contributed by atoms with Crippen molar-refractivity contribution >= 4 is 15.7 Å². The van der Waals surface area contributed by atoms with Gasteiger partial charge in [-0.1, -0.05) is 12.1 Å². The zero-order valence-corrected chi connectivity index (χ0v) is 15.5. The summed E-state index contributed by atoms with van der Waals surface area (Å²) in [5.74, 6) is 0.399. The van der Waals surface area contributed by atoms with E-state index in [0.717, 1.165) is 0 Å². The maximum absolute atomic E-state index is 13.3. The second-order valence-corrected chi connectivity index (χ2v) is 7.36. The fourth-order valence-electron chi connectivity index (χ4n) is 2.52. The van der Waals surface area contributed by atoms with Crippen LogP contribution in [-0.4, -0.2) is 32.4 Å². The Morgan fingerprint density at radius 2 is 1.89 bits per heavy atom. The highest BCUT2D eigenvalue weighted by Gasteiger charge is 2.18. The van der Waals surface area contributed by atoms with Crippen LogP contribution in [0, 0.1) is 5.82 Å². The highest BCUT2D eigenvalue weighted by molar-refractivity contribution is 7.92. The van der Waals surface area contributed by atoms with Gasteiger partial charge in [0.1, 0.15) is 5.82 Å². The largest absolute Gasteiger partial charge is 0.493 e. The van der Waals surface area contributed by atoms with Gasteiger partial charge in [0.05, 0.1) is 37.5 Å². The van der Waals surface area contributed by atoms with Gasteiger partial charge in [-0.3, -0.25) is 9.40 Å². The van der Waals surface area contributed by atoms with E-state index in [1.54, 1.807) is 12.1 Å². The first-order chi connectivity index (χ1) is 12.9. The van der Waals surface area contributed by atoms with Crippen LogP contribution in [-0.2, 0) is 16.6 Å². The Balaban J connectivity index is 1.78. The number of hydrogen-bond donors (Lipinski definition) is 1. The molecule has 1 N–H and O–H groups in total. The van der Waals surface area contributed by atoms with Crippen LogP contribution in [0.3, 0.4) is 0 Å². The first-order valence-corrected chi connectivity index (χ1v) is 9.41. The fraction of sp³-hybridized carbons (Fsp3) is 0.167. The van der Waals surface area contributed by atoms with Crippen LogP contribution in [0.15, 0.2) is 59.8 Å². The summed E-state index contributed by atoms with van der Waals surface area (Å²) in [5.41, 5.74) is 1.01. The number of benzene rings is 2. The van der Waals surface area contributed by atoms with Gasteiger partial charge in [-0.25, -0.2) is 12.8 Å². The van der Waals surface area contributed by atoms with E-state index in [2.05, 4.69) is 9.82 Å². The molecule has 0 aliphatic rings. The Labute approximate surface area is 156 Å². The minimum absolute atomic E-state index is 0.0260. The van der Waals surface area contributed by atoms with Crippen molar-refractivity contribution in [2.75, 3.05) is 18.9 Å². The molecule has 0 bridgehead atoms. The quantitative estimate of drug-likeness (QED) is 0.670. The lowest BCUT2D eigenvalue weighted by molar-refractivity contribution is 0.354. The molecule has 0 aliphatic carbocycles. The van der Waals surface area contributed by atoms with Crippen LogP contribution in [0.25, 0.3) is 0 Å². The Hall–Kier alpha value is -3.07. The molecule has 2 aromatic carbocycles. The molecule has 1 aromatic heterocycles. The van der Waals surface area contributed by atoms with E-state index in [9.17, 15) is 12.8 Å². The second-order valence-electron chi connectivity index (χ2n) is 5.68. The predicted octanol–water partition coefficient (Wildman–Crippen LogP) is 2.89. The zero-order chi connectivity index (χ0) is 19.4. The van der Waals surface area contributed by atoms with Crippen LogP contribution in [0.5, 0.6) is 11.5 Å². The Morgan fingerprint density at radius 3 is 2.59 bits per heavy atom. The molecule has 1 heterocycles. The monoisotopic (exact) mass is 391 g/mol. The molecule has 3 rings (SSSR count). The molecule has 27 heavy (non-hydrogen) atoms. The number of rotatable bonds is 7. The molecule has 0 spiro atoms. The van der Waals surface area contributed by atoms with Gasteiger partial charge in [0.15, 0.2) is 11.5 Å². The van der Waals surface area contributed by atoms with E-state index >= 15 is 0 Å². The standard InChI is InChI=1S/C18H18FN3O4S/c1-25-17-7-6-16(9-18(17)26-2)27(23,24)21-15-10-20-22(12-15)11-13-4-3-5-14(19)8-13/h3-10,12,21H,11H2,1-2H3. The molecule has 0 aliphatic heterocycles. The van der Waals surface area contributed by atoms with E-state index in [4.69, 9.17) is 9.47 Å². The first-order valence-electron chi connectivity index (χ1n) is 7.93. The third kappa shape index (κ3) is 4.37. The molecule has 9 heteroatoms. The van der Waals surface area contributed by atoms with Crippen molar-refractivity contribution in [1.29, 1.82) is 0 Å². The van der Waals surface area contributed by atoms with E-state index in [-0.39, 0.29) is 10.7 Å². The Bertz CT molecular complexity index is 1050. The van der Waals surface area contributed by atoms with Crippen LogP contribution in [0.4, 0.5) is 10.1 Å². The summed E-state index contributed by atoms with van der Waals surface area (Å²) in [4.78, 5) is 0.0260. The number of nitrogens with one attached hydrogen (secondary N) is 1. The zero-order valence-electron chi connectivity index (χ0n) is 14.7. The number of methoxy groups -OCH3 is 2. The number of anilines is 1. The number of nitrogens with zero attached hydrogens (tertiary/aromatic N) is 2. The first kappa shape index (κ1) is 18.7. The average Bonchev–Trinajstić information content (AvgIpc) is 3.07. The van der Waals surface area contributed by atoms with Gasteiger partial charge in [-0.2, -0.15) is 5.10 Å². The van der Waals surface area contributed by atoms with Crippen molar-refractivity contribution in [3.8, 4) is 11.5 Å². The molecule has 0 radical (unpaired) electrons. The Morgan fingerprint density at radius 1 is 1.11 bits per heavy atom. The van der Waals surface area contributed by atoms with E-state index in [1.165, 1.54) is 61.6 Å². The van der Waals surface area contributed by atoms with Gasteiger partial charge in [0, 0.05) is 12.3 Å². The lowest BCUT2D eigenvalue weighted by atomic mass is 10.2. The SMILES string of the molecule is COc1ccc(S(=O)(=O)Nc2cnn(Cc3cccc(F)c3)c2)cc1OC. The number of aromatic nitrogens is 2. The number of ether oxygens (including phenoxy) is 2. The maximum Gasteiger partial charge on any atom is 0.262 e. The lowest BCUT2D eigenvalue weighted by Gasteiger charge is -2.10. The van der Waals surface area contributed by atoms with E-state index in [1.807, 2.05) is 0 Å². The summed E-state index contributed by atoms with van der Waals surface area (Å²) in [6, 6.07) is 10.4. The second kappa shape index (κ2) is 7.67. The third-order valence-corrected chi connectivity index (χ3v) is 5.16. The van der Waals surface area contributed by atoms with Gasteiger partial charge < -0.3 is 9.47 Å². The van der Waals surface area contributed by atoms with Crippen molar-refractivity contribution in [1.82, 2.24) is 9.78 Å². The Kier molecular flexibility index (Phi) is 5.31. The van der Waals surface area contributed by atoms with Crippen LogP contribution in [0.2, 0.25) is 0 Å². The summed E-state index contributed by atoms with van der Waals surface area (Å²) < 4.78 is 52.7. The summed E-state index contributed by atoms with van der Waals surface area (Å²) in [7, 11) is -0.938. The van der Waals surface area contributed by atoms with Crippen LogP contribution < -0.4 is 14.2 Å². The summed E-state index contributed by atoms with van der Waals surface area (Å²) in [5, 5.41) is 4.10. The van der Waals surface area contributed by atoms with Crippen molar-refractivity contribution in [3.05, 3.63) is 66.2 Å². The van der Waals surface area contributed by atoms with Crippen molar-refractivity contribution < 1.29 is 22.3 Å². The number of hydrogen-bond acceptors (Lipinski definition) is 5. The maximum atomic E-state index is 13.3. The highest BCUT2D eigenvalue weighted by Crippen LogP contribution is 2.30. The smallest absolute Gasteiger partial charge is 0.262 e. The predicted molar refractivity (Wildman–Crippen MR) is 98.1 cm³/mol. The minimum Gasteiger partial charge on any atom is -0.493 e. The molecule has 142 valence electrons. The summed E-state index contributed by atoms with van der Waals surface area (Å²) in [6.45, 7) is 0.315. The van der Waals surface area contributed by atoms with Gasteiger partial charge in [0.2, 0.25) is 0 Å². The van der Waals surface area contributed by atoms with E-state index in [0.29, 0.717) is 29.3 Å². The van der Waals surface area contributed by atoms with Crippen molar-refractivity contribution in [2.24, 2.45) is 0 Å². The number of halogens is 1. The van der Waals surface area contributed by atoms with Crippen molar-refractivity contribution in [3.63, 3.8) is 0 Å². The molecule has 0 amide bonds. The average molecular weight is 391 g/mol. The minimum atomic E-state index is -3.84. The molecule has 3 aromatic rings. The highest BCUT2D eigenvalue weighted by atomic mass is 32.2. The van der Waals surface area contributed by atoms with Gasteiger partial charge >= 0.3 is 0 Å². The fourth-order valence-corrected chi connectivity index (χ4v) is 3.57. The molecule has 0 fully saturated rings. The molecule has 0 unspecified atom stereocenters. The van der Waals surface area contributed by atoms with Gasteiger partial charge in [0.25, 0.3) is 10.0 Å². The third-order valence-electron chi connectivity index (χ3n) is 3.78. The summed E-state index contributed by atoms with van der Waals surface area (Å²) in [6.07, 6.45) is 2.92. The van der Waals surface area contributed by atoms with E-state index < -0.39 is 10.0 Å². The molecular formula is C18H18FN3O4S. The van der Waals surface area contributed by atoms with Crippen LogP contribution in [0.1, 0.15) is 5.56 Å². The van der Waals surface area contributed by atoms with Gasteiger partial charge in [-0.15, -0.1) is 0 Å². The summed E-state index contributed by atoms with van der Waals surface area (Å²) >= 11 is 0.